The van der Waals surface area contributed by atoms with Crippen molar-refractivity contribution in [2.45, 2.75) is 52.6 Å². The number of amides is 1. The van der Waals surface area contributed by atoms with Gasteiger partial charge in [0.1, 0.15) is 11.6 Å². The Hall–Kier alpha value is -2.93. The van der Waals surface area contributed by atoms with Crippen molar-refractivity contribution in [3.63, 3.8) is 0 Å². The van der Waals surface area contributed by atoms with Crippen LogP contribution in [-0.4, -0.2) is 43.6 Å². The van der Waals surface area contributed by atoms with Gasteiger partial charge in [-0.25, -0.2) is 4.98 Å². The van der Waals surface area contributed by atoms with Gasteiger partial charge in [-0.2, -0.15) is 0 Å². The predicted molar refractivity (Wildman–Crippen MR) is 129 cm³/mol. The van der Waals surface area contributed by atoms with Gasteiger partial charge in [-0.3, -0.25) is 9.36 Å². The average Bonchev–Trinajstić information content (AvgIpc) is 3.14. The quantitative estimate of drug-likeness (QED) is 0.555. The van der Waals surface area contributed by atoms with E-state index in [0.29, 0.717) is 24.0 Å². The first-order valence-electron chi connectivity index (χ1n) is 11.5. The van der Waals surface area contributed by atoms with Gasteiger partial charge in [-0.15, -0.1) is 10.2 Å². The topological polar surface area (TPSA) is 67.2 Å². The summed E-state index contributed by atoms with van der Waals surface area (Å²) in [5.74, 6) is 3.18. The molecule has 2 aromatic heterocycles. The molecule has 0 N–H and O–H groups in total. The van der Waals surface area contributed by atoms with E-state index in [4.69, 9.17) is 11.6 Å². The van der Waals surface area contributed by atoms with Gasteiger partial charge in [-0.1, -0.05) is 38.4 Å². The summed E-state index contributed by atoms with van der Waals surface area (Å²) < 4.78 is 2.17. The molecule has 5 rings (SSSR count). The van der Waals surface area contributed by atoms with Crippen LogP contribution in [0.15, 0.2) is 42.6 Å². The molecule has 0 bridgehead atoms. The number of rotatable bonds is 2. The fourth-order valence-electron chi connectivity index (χ4n) is 4.82. The third kappa shape index (κ3) is 4.22. The molecule has 7 nitrogen and oxygen atoms in total. The van der Waals surface area contributed by atoms with Gasteiger partial charge < -0.3 is 9.80 Å². The van der Waals surface area contributed by atoms with Crippen molar-refractivity contribution in [1.82, 2.24) is 24.6 Å². The van der Waals surface area contributed by atoms with E-state index < -0.39 is 5.41 Å². The Morgan fingerprint density at radius 3 is 2.55 bits per heavy atom. The highest BCUT2D eigenvalue weighted by Gasteiger charge is 2.34. The van der Waals surface area contributed by atoms with E-state index in [0.717, 1.165) is 54.6 Å². The van der Waals surface area contributed by atoms with E-state index in [1.54, 1.807) is 0 Å². The third-order valence-corrected chi connectivity index (χ3v) is 6.73. The van der Waals surface area contributed by atoms with E-state index in [-0.39, 0.29) is 5.91 Å². The number of piperidine rings is 1. The number of aromatic nitrogens is 4. The number of hydrogen-bond donors (Lipinski definition) is 0. The molecular weight excluding hydrogens is 436 g/mol. The minimum absolute atomic E-state index is 0.0927. The fourth-order valence-corrected chi connectivity index (χ4v) is 5.01. The zero-order valence-electron chi connectivity index (χ0n) is 19.3. The van der Waals surface area contributed by atoms with Crippen molar-refractivity contribution in [2.75, 3.05) is 18.0 Å². The first kappa shape index (κ1) is 21.9. The number of pyridine rings is 1. The van der Waals surface area contributed by atoms with Crippen LogP contribution in [0.2, 0.25) is 5.02 Å². The summed E-state index contributed by atoms with van der Waals surface area (Å²) in [5.41, 5.74) is 1.56. The zero-order chi connectivity index (χ0) is 23.2. The number of carbonyl (C=O) groups excluding carboxylic acids is 1. The van der Waals surface area contributed by atoms with E-state index in [9.17, 15) is 4.79 Å². The van der Waals surface area contributed by atoms with Crippen molar-refractivity contribution < 1.29 is 4.79 Å². The van der Waals surface area contributed by atoms with Gasteiger partial charge in [0.05, 0.1) is 12.2 Å². The summed E-state index contributed by atoms with van der Waals surface area (Å²) >= 11 is 6.36. The van der Waals surface area contributed by atoms with E-state index >= 15 is 0 Å². The van der Waals surface area contributed by atoms with E-state index in [1.165, 1.54) is 0 Å². The summed E-state index contributed by atoms with van der Waals surface area (Å²) in [6, 6.07) is 11.9. The highest BCUT2D eigenvalue weighted by molar-refractivity contribution is 6.30. The molecule has 172 valence electrons. The summed E-state index contributed by atoms with van der Waals surface area (Å²) in [7, 11) is 0. The fraction of sp³-hybridized carbons (Fsp3) is 0.440. The Labute approximate surface area is 199 Å². The maximum Gasteiger partial charge on any atom is 0.228 e. The maximum atomic E-state index is 13.2. The van der Waals surface area contributed by atoms with E-state index in [1.807, 2.05) is 62.2 Å². The number of benzene rings is 1. The molecule has 4 heterocycles. The highest BCUT2D eigenvalue weighted by atomic mass is 35.5. The first-order valence-corrected chi connectivity index (χ1v) is 11.9. The third-order valence-electron chi connectivity index (χ3n) is 6.49. The van der Waals surface area contributed by atoms with Gasteiger partial charge in [0, 0.05) is 42.2 Å². The van der Waals surface area contributed by atoms with Crippen molar-refractivity contribution in [1.29, 1.82) is 0 Å². The standard InChI is InChI=1S/C25H29ClN6O/c1-25(2,3)24(33)31-15-18-14-19(26)7-8-20(18)32-22(16-31)28-29-23(32)17-9-12-30(13-10-17)21-6-4-5-11-27-21/h4-8,11,14,17H,9-10,12-13,15-16H2,1-3H3. The molecule has 2 aliphatic rings. The molecule has 0 spiro atoms. The van der Waals surface area contributed by atoms with Gasteiger partial charge in [-0.05, 0) is 48.7 Å². The molecule has 1 fully saturated rings. The van der Waals surface area contributed by atoms with Crippen LogP contribution in [0.5, 0.6) is 0 Å². The Kier molecular flexibility index (Phi) is 5.60. The maximum absolute atomic E-state index is 13.2. The summed E-state index contributed by atoms with van der Waals surface area (Å²) in [6.45, 7) is 8.63. The molecule has 1 saturated heterocycles. The lowest BCUT2D eigenvalue weighted by atomic mass is 9.94. The Morgan fingerprint density at radius 2 is 1.85 bits per heavy atom. The van der Waals surface area contributed by atoms with E-state index in [2.05, 4.69) is 30.7 Å². The lowest BCUT2D eigenvalue weighted by molar-refractivity contribution is -0.140. The lowest BCUT2D eigenvalue weighted by Gasteiger charge is -2.32. The van der Waals surface area contributed by atoms with Crippen LogP contribution in [-0.2, 0) is 17.9 Å². The predicted octanol–water partition coefficient (Wildman–Crippen LogP) is 4.59. The average molecular weight is 465 g/mol. The van der Waals surface area contributed by atoms with Crippen LogP contribution in [0.25, 0.3) is 5.69 Å². The Balaban J connectivity index is 1.47. The van der Waals surface area contributed by atoms with Gasteiger partial charge >= 0.3 is 0 Å². The van der Waals surface area contributed by atoms with Crippen molar-refractivity contribution in [3.8, 4) is 5.69 Å². The number of fused-ring (bicyclic) bond motifs is 3. The molecule has 1 amide bonds. The molecule has 0 atom stereocenters. The second-order valence-corrected chi connectivity index (χ2v) is 10.4. The number of nitrogens with zero attached hydrogens (tertiary/aromatic N) is 6. The normalized spacial score (nSPS) is 16.8. The molecule has 0 unspecified atom stereocenters. The van der Waals surface area contributed by atoms with Gasteiger partial charge in [0.15, 0.2) is 5.82 Å². The Morgan fingerprint density at radius 1 is 1.06 bits per heavy atom. The largest absolute Gasteiger partial charge is 0.357 e. The van der Waals surface area contributed by atoms with Crippen LogP contribution in [0.4, 0.5) is 5.82 Å². The van der Waals surface area contributed by atoms with Crippen LogP contribution >= 0.6 is 11.6 Å². The first-order chi connectivity index (χ1) is 15.8. The van der Waals surface area contributed by atoms with Gasteiger partial charge in [0.2, 0.25) is 5.91 Å². The lowest BCUT2D eigenvalue weighted by Crippen LogP contribution is -2.38. The van der Waals surface area contributed by atoms with Crippen LogP contribution in [0, 0.1) is 5.41 Å². The zero-order valence-corrected chi connectivity index (χ0v) is 20.1. The minimum atomic E-state index is -0.477. The number of halogens is 1. The molecule has 3 aromatic rings. The van der Waals surface area contributed by atoms with Crippen molar-refractivity contribution >= 4 is 23.3 Å². The van der Waals surface area contributed by atoms with Crippen molar-refractivity contribution in [3.05, 3.63) is 64.8 Å². The summed E-state index contributed by atoms with van der Waals surface area (Å²) in [4.78, 5) is 21.9. The summed E-state index contributed by atoms with van der Waals surface area (Å²) in [6.07, 6.45) is 3.79. The molecule has 8 heteroatoms. The second kappa shape index (κ2) is 8.45. The van der Waals surface area contributed by atoms with Crippen LogP contribution < -0.4 is 4.90 Å². The molecule has 0 radical (unpaired) electrons. The number of hydrogen-bond acceptors (Lipinski definition) is 5. The monoisotopic (exact) mass is 464 g/mol. The molecule has 0 saturated carbocycles. The number of carbonyl (C=O) groups is 1. The molecule has 33 heavy (non-hydrogen) atoms. The molecule has 0 aliphatic carbocycles. The van der Waals surface area contributed by atoms with Gasteiger partial charge in [0.25, 0.3) is 0 Å². The molecule has 1 aromatic carbocycles. The highest BCUT2D eigenvalue weighted by Crippen LogP contribution is 2.35. The SMILES string of the molecule is CC(C)(C)C(=O)N1Cc2cc(Cl)ccc2-n2c(nnc2C2CCN(c3ccccn3)CC2)C1. The smallest absolute Gasteiger partial charge is 0.228 e. The Bertz CT molecular complexity index is 1160. The minimum Gasteiger partial charge on any atom is -0.357 e. The number of anilines is 1. The van der Waals surface area contributed by atoms with Crippen LogP contribution in [0.3, 0.4) is 0 Å². The molecular formula is C25H29ClN6O. The van der Waals surface area contributed by atoms with Crippen LogP contribution in [0.1, 0.15) is 56.7 Å². The van der Waals surface area contributed by atoms with Crippen molar-refractivity contribution in [2.24, 2.45) is 5.41 Å². The molecule has 2 aliphatic heterocycles. The summed E-state index contributed by atoms with van der Waals surface area (Å²) in [5, 5.41) is 9.88. The second-order valence-electron chi connectivity index (χ2n) is 9.94.